The molecule has 0 unspecified atom stereocenters. The third-order valence-electron chi connectivity index (χ3n) is 3.99. The molecule has 148 valence electrons. The highest BCUT2D eigenvalue weighted by molar-refractivity contribution is 7.16. The molecule has 0 aliphatic rings. The van der Waals surface area contributed by atoms with E-state index < -0.39 is 0 Å². The average molecular weight is 419 g/mol. The third kappa shape index (κ3) is 4.70. The zero-order valence-electron chi connectivity index (χ0n) is 16.0. The lowest BCUT2D eigenvalue weighted by Gasteiger charge is -2.09. The van der Waals surface area contributed by atoms with Crippen LogP contribution in [-0.4, -0.2) is 37.9 Å². The molecule has 28 heavy (non-hydrogen) atoms. The van der Waals surface area contributed by atoms with Gasteiger partial charge in [0.25, 0.3) is 5.91 Å². The highest BCUT2D eigenvalue weighted by Gasteiger charge is 2.13. The van der Waals surface area contributed by atoms with Gasteiger partial charge in [-0.25, -0.2) is 0 Å². The van der Waals surface area contributed by atoms with Crippen LogP contribution in [0.4, 0.5) is 0 Å². The second-order valence-electron chi connectivity index (χ2n) is 5.71. The van der Waals surface area contributed by atoms with Crippen LogP contribution in [0.5, 0.6) is 11.5 Å². The van der Waals surface area contributed by atoms with Crippen molar-refractivity contribution in [1.82, 2.24) is 4.57 Å². The van der Waals surface area contributed by atoms with Gasteiger partial charge in [0, 0.05) is 36.2 Å². The SMILES string of the molecule is CCOCCn1c(=NC(=O)C=Cc2cccs2)sc2cc(OC)c(OC)cc21. The smallest absolute Gasteiger partial charge is 0.272 e. The van der Waals surface area contributed by atoms with Gasteiger partial charge in [-0.1, -0.05) is 17.4 Å². The number of benzene rings is 1. The number of carbonyl (C=O) groups excluding carboxylic acids is 1. The number of carbonyl (C=O) groups is 1. The Hall–Kier alpha value is -2.42. The molecule has 0 aliphatic heterocycles. The summed E-state index contributed by atoms with van der Waals surface area (Å²) in [6.07, 6.45) is 3.27. The van der Waals surface area contributed by atoms with Crippen molar-refractivity contribution in [3.05, 3.63) is 45.4 Å². The minimum absolute atomic E-state index is 0.302. The minimum atomic E-state index is -0.302. The molecule has 0 fully saturated rings. The largest absolute Gasteiger partial charge is 0.493 e. The van der Waals surface area contributed by atoms with Gasteiger partial charge in [-0.2, -0.15) is 4.99 Å². The number of thiazole rings is 1. The molecule has 1 amide bonds. The second-order valence-corrected chi connectivity index (χ2v) is 7.70. The molecule has 0 N–H and O–H groups in total. The van der Waals surface area contributed by atoms with E-state index in [1.807, 2.05) is 41.1 Å². The maximum Gasteiger partial charge on any atom is 0.272 e. The summed E-state index contributed by atoms with van der Waals surface area (Å²) in [5.74, 6) is 0.973. The van der Waals surface area contributed by atoms with Crippen LogP contribution >= 0.6 is 22.7 Å². The Labute approximate surface area is 171 Å². The topological polar surface area (TPSA) is 62.1 Å². The first-order chi connectivity index (χ1) is 13.7. The van der Waals surface area contributed by atoms with E-state index >= 15 is 0 Å². The van der Waals surface area contributed by atoms with Gasteiger partial charge in [-0.15, -0.1) is 11.3 Å². The van der Waals surface area contributed by atoms with E-state index in [0.29, 0.717) is 36.1 Å². The number of hydrogen-bond acceptors (Lipinski definition) is 6. The number of fused-ring (bicyclic) bond motifs is 1. The quantitative estimate of drug-likeness (QED) is 0.410. The number of ether oxygens (including phenoxy) is 3. The molecule has 0 radical (unpaired) electrons. The Kier molecular flexibility index (Phi) is 7.02. The Morgan fingerprint density at radius 3 is 2.71 bits per heavy atom. The fourth-order valence-electron chi connectivity index (χ4n) is 2.67. The van der Waals surface area contributed by atoms with Crippen molar-refractivity contribution in [2.75, 3.05) is 27.4 Å². The normalized spacial score (nSPS) is 12.2. The molecule has 1 aromatic carbocycles. The zero-order chi connectivity index (χ0) is 19.9. The molecule has 2 heterocycles. The molecule has 0 aliphatic carbocycles. The lowest BCUT2D eigenvalue weighted by Crippen LogP contribution is -2.19. The van der Waals surface area contributed by atoms with E-state index in [0.717, 1.165) is 15.1 Å². The summed E-state index contributed by atoms with van der Waals surface area (Å²) >= 11 is 3.01. The van der Waals surface area contributed by atoms with Crippen molar-refractivity contribution < 1.29 is 19.0 Å². The van der Waals surface area contributed by atoms with Gasteiger partial charge in [0.1, 0.15) is 0 Å². The standard InChI is InChI=1S/C20H22N2O4S2/c1-4-26-10-9-22-15-12-16(24-2)17(25-3)13-18(15)28-20(22)21-19(23)8-7-14-6-5-11-27-14/h5-8,11-13H,4,9-10H2,1-3H3. The Morgan fingerprint density at radius 2 is 2.04 bits per heavy atom. The van der Waals surface area contributed by atoms with Crippen LogP contribution in [0.2, 0.25) is 0 Å². The number of thiophene rings is 1. The highest BCUT2D eigenvalue weighted by Crippen LogP contribution is 2.33. The molecule has 0 atom stereocenters. The fourth-order valence-corrected chi connectivity index (χ4v) is 4.36. The van der Waals surface area contributed by atoms with Gasteiger partial charge in [0.15, 0.2) is 16.3 Å². The van der Waals surface area contributed by atoms with E-state index in [2.05, 4.69) is 4.99 Å². The van der Waals surface area contributed by atoms with Crippen LogP contribution in [0.1, 0.15) is 11.8 Å². The number of nitrogens with zero attached hydrogens (tertiary/aromatic N) is 2. The summed E-state index contributed by atoms with van der Waals surface area (Å²) in [4.78, 5) is 18.3. The number of aromatic nitrogens is 1. The molecule has 8 heteroatoms. The minimum Gasteiger partial charge on any atom is -0.493 e. The molecular formula is C20H22N2O4S2. The maximum atomic E-state index is 12.4. The van der Waals surface area contributed by atoms with Crippen molar-refractivity contribution in [3.63, 3.8) is 0 Å². The summed E-state index contributed by atoms with van der Waals surface area (Å²) in [7, 11) is 3.20. The maximum absolute atomic E-state index is 12.4. The summed E-state index contributed by atoms with van der Waals surface area (Å²) in [6, 6.07) is 7.71. The Balaban J connectivity index is 2.03. The predicted octanol–water partition coefficient (Wildman–Crippen LogP) is 3.96. The van der Waals surface area contributed by atoms with Crippen LogP contribution < -0.4 is 14.3 Å². The van der Waals surface area contributed by atoms with Crippen molar-refractivity contribution in [1.29, 1.82) is 0 Å². The van der Waals surface area contributed by atoms with Crippen LogP contribution in [0.3, 0.4) is 0 Å². The van der Waals surface area contributed by atoms with Crippen LogP contribution in [0.15, 0.2) is 40.7 Å². The van der Waals surface area contributed by atoms with Gasteiger partial charge >= 0.3 is 0 Å². The summed E-state index contributed by atoms with van der Waals surface area (Å²) in [5, 5.41) is 1.97. The van der Waals surface area contributed by atoms with E-state index in [-0.39, 0.29) is 5.91 Å². The number of methoxy groups -OCH3 is 2. The fraction of sp³-hybridized carbons (Fsp3) is 0.300. The van der Waals surface area contributed by atoms with Crippen LogP contribution in [0.25, 0.3) is 16.3 Å². The lowest BCUT2D eigenvalue weighted by atomic mass is 10.3. The molecule has 6 nitrogen and oxygen atoms in total. The van der Waals surface area contributed by atoms with Crippen LogP contribution in [0, 0.1) is 0 Å². The molecule has 0 bridgehead atoms. The Bertz CT molecular complexity index is 1030. The Morgan fingerprint density at radius 1 is 1.25 bits per heavy atom. The van der Waals surface area contributed by atoms with E-state index in [1.54, 1.807) is 31.6 Å². The molecule has 0 saturated carbocycles. The highest BCUT2D eigenvalue weighted by atomic mass is 32.1. The van der Waals surface area contributed by atoms with Gasteiger partial charge in [0.2, 0.25) is 0 Å². The summed E-state index contributed by atoms with van der Waals surface area (Å²) in [6.45, 7) is 3.70. The summed E-state index contributed by atoms with van der Waals surface area (Å²) < 4.78 is 19.3. The van der Waals surface area contributed by atoms with Crippen molar-refractivity contribution in [2.45, 2.75) is 13.5 Å². The van der Waals surface area contributed by atoms with Crippen molar-refractivity contribution in [2.24, 2.45) is 4.99 Å². The molecule has 0 spiro atoms. The van der Waals surface area contributed by atoms with Gasteiger partial charge < -0.3 is 18.8 Å². The first-order valence-corrected chi connectivity index (χ1v) is 10.5. The molecule has 3 rings (SSSR count). The number of hydrogen-bond donors (Lipinski definition) is 0. The molecular weight excluding hydrogens is 396 g/mol. The van der Waals surface area contributed by atoms with E-state index in [1.165, 1.54) is 17.4 Å². The van der Waals surface area contributed by atoms with E-state index in [9.17, 15) is 4.79 Å². The zero-order valence-corrected chi connectivity index (χ0v) is 17.6. The van der Waals surface area contributed by atoms with Crippen molar-refractivity contribution >= 4 is 44.9 Å². The first-order valence-electron chi connectivity index (χ1n) is 8.79. The van der Waals surface area contributed by atoms with Gasteiger partial charge in [-0.3, -0.25) is 4.79 Å². The number of amides is 1. The van der Waals surface area contributed by atoms with Gasteiger partial charge in [-0.05, 0) is 24.4 Å². The predicted molar refractivity (Wildman–Crippen MR) is 113 cm³/mol. The van der Waals surface area contributed by atoms with Crippen molar-refractivity contribution in [3.8, 4) is 11.5 Å². The van der Waals surface area contributed by atoms with E-state index in [4.69, 9.17) is 14.2 Å². The monoisotopic (exact) mass is 418 g/mol. The molecule has 0 saturated heterocycles. The van der Waals surface area contributed by atoms with Crippen LogP contribution in [-0.2, 0) is 16.1 Å². The lowest BCUT2D eigenvalue weighted by molar-refractivity contribution is -0.113. The third-order valence-corrected chi connectivity index (χ3v) is 5.87. The second kappa shape index (κ2) is 9.68. The average Bonchev–Trinajstić information content (AvgIpc) is 3.33. The number of rotatable bonds is 8. The molecule has 2 aromatic heterocycles. The summed E-state index contributed by atoms with van der Waals surface area (Å²) in [5.41, 5.74) is 0.927. The molecule has 3 aromatic rings. The van der Waals surface area contributed by atoms with Gasteiger partial charge in [0.05, 0.1) is 31.0 Å². The first kappa shape index (κ1) is 20.3.